The number of ether oxygens (including phenoxy) is 6. The van der Waals surface area contributed by atoms with Gasteiger partial charge >= 0.3 is 0 Å². The van der Waals surface area contributed by atoms with E-state index in [9.17, 15) is 10.2 Å². The first kappa shape index (κ1) is 45.0. The van der Waals surface area contributed by atoms with Gasteiger partial charge in [0, 0.05) is 62.3 Å². The summed E-state index contributed by atoms with van der Waals surface area (Å²) in [5.41, 5.74) is 5.50. The van der Waals surface area contributed by atoms with E-state index < -0.39 is 0 Å². The molecular weight excluding hydrogens is 817 g/mol. The average Bonchev–Trinajstić information content (AvgIpc) is 3.81. The van der Waals surface area contributed by atoms with Crippen LogP contribution in [0.25, 0.3) is 0 Å². The highest BCUT2D eigenvalue weighted by molar-refractivity contribution is 5.64. The van der Waals surface area contributed by atoms with Gasteiger partial charge in [0.1, 0.15) is 42.7 Å². The standard InChI is InChI=1S/C27H37NO4.C26H35NO4.2CH4/c1-23(2,3)24(4)18-13-25-8-9-27(18,31-15-30-24)22-26(25)10-11-28(5)19(25)12-16-6-7-17(14-29)21(32-22)20(16)26;1-22(2,3)23(4)17-13-24-8-9-26(17,30-14-29-23)21-25(24)10-11-27(5)18(24)12-15-6-7-16(28)20(31-21)19(15)25;;/h6-7,18-19,22,29H,8-15H2,1-5H3;6-7,17-18,21,28H,8-14H2,1-5H3;2*1H4/t18-,19-,22-,24+,25?,26+,27-;17-,18-,21-,23+,24?,25+,26-;;/m11../s1. The first-order valence-corrected chi connectivity index (χ1v) is 24.7. The zero-order chi connectivity index (χ0) is 43.9. The monoisotopic (exact) mass is 897 g/mol. The molecule has 16 rings (SSSR count). The number of aliphatic hydroxyl groups excluding tert-OH is 1. The number of phenolic OH excluding ortho intramolecular Hbond substituents is 1. The van der Waals surface area contributed by atoms with Gasteiger partial charge in [-0.3, -0.25) is 0 Å². The molecule has 14 atom stereocenters. The van der Waals surface area contributed by atoms with Crippen LogP contribution in [0, 0.1) is 33.5 Å². The molecule has 2 N–H and O–H groups in total. The Morgan fingerprint density at radius 1 is 0.615 bits per heavy atom. The first-order valence-electron chi connectivity index (χ1n) is 24.7. The summed E-state index contributed by atoms with van der Waals surface area (Å²) in [5, 5.41) is 21.1. The fourth-order valence-corrected chi connectivity index (χ4v) is 18.8. The lowest BCUT2D eigenvalue weighted by Crippen LogP contribution is -2.84. The molecular formula is C55H80N2O8. The Balaban J connectivity index is 0.000000140. The molecule has 10 heteroatoms. The van der Waals surface area contributed by atoms with E-state index in [4.69, 9.17) is 28.4 Å². The third-order valence-corrected chi connectivity index (χ3v) is 22.4. The molecule has 6 heterocycles. The number of likely N-dealkylation sites (tertiary alicyclic amines) is 2. The molecule has 4 saturated heterocycles. The van der Waals surface area contributed by atoms with Crippen LogP contribution < -0.4 is 9.47 Å². The molecule has 6 spiro atoms. The average molecular weight is 897 g/mol. The van der Waals surface area contributed by atoms with E-state index in [1.54, 1.807) is 0 Å². The number of piperidine rings is 2. The van der Waals surface area contributed by atoms with Crippen LogP contribution in [0.5, 0.6) is 17.2 Å². The molecule has 0 aromatic heterocycles. The second-order valence-electron chi connectivity index (χ2n) is 25.3. The normalized spacial score (nSPS) is 47.3. The van der Waals surface area contributed by atoms with Gasteiger partial charge in [0.05, 0.1) is 17.8 Å². The molecule has 0 radical (unpaired) electrons. The zero-order valence-corrected chi connectivity index (χ0v) is 39.6. The minimum absolute atomic E-state index is 0. The van der Waals surface area contributed by atoms with E-state index in [-0.39, 0.29) is 100 Å². The van der Waals surface area contributed by atoms with Gasteiger partial charge in [0.25, 0.3) is 0 Å². The van der Waals surface area contributed by atoms with E-state index in [1.807, 2.05) is 6.07 Å². The molecule has 6 aliphatic heterocycles. The lowest BCUT2D eigenvalue weighted by molar-refractivity contribution is -0.389. The molecule has 2 unspecified atom stereocenters. The van der Waals surface area contributed by atoms with Crippen LogP contribution in [-0.2, 0) is 49.2 Å². The molecule has 8 bridgehead atoms. The number of aromatic hydroxyl groups is 1. The third-order valence-electron chi connectivity index (χ3n) is 22.4. The number of fused-ring (bicyclic) bond motifs is 2. The molecule has 6 saturated carbocycles. The number of likely N-dealkylation sites (N-methyl/N-ethyl adjacent to an activating group) is 2. The van der Waals surface area contributed by atoms with Gasteiger partial charge in [0.15, 0.2) is 11.5 Å². The Morgan fingerprint density at radius 3 is 1.52 bits per heavy atom. The van der Waals surface area contributed by atoms with Crippen molar-refractivity contribution in [2.45, 2.75) is 199 Å². The van der Waals surface area contributed by atoms with Crippen molar-refractivity contribution in [2.75, 3.05) is 40.8 Å². The van der Waals surface area contributed by atoms with Crippen molar-refractivity contribution in [1.29, 1.82) is 0 Å². The summed E-state index contributed by atoms with van der Waals surface area (Å²) in [6.45, 7) is 21.4. The molecule has 10 fully saturated rings. The second kappa shape index (κ2) is 13.2. The number of hydrogen-bond acceptors (Lipinski definition) is 10. The Labute approximate surface area is 389 Å². The van der Waals surface area contributed by atoms with E-state index in [0.29, 0.717) is 31.4 Å². The first-order chi connectivity index (χ1) is 29.8. The number of hydrogen-bond donors (Lipinski definition) is 2. The minimum Gasteiger partial charge on any atom is -0.504 e. The molecule has 14 aliphatic rings. The molecule has 8 aliphatic carbocycles. The van der Waals surface area contributed by atoms with Crippen molar-refractivity contribution in [2.24, 2.45) is 33.5 Å². The second-order valence-corrected chi connectivity index (χ2v) is 25.3. The van der Waals surface area contributed by atoms with E-state index in [2.05, 4.69) is 97.5 Å². The Morgan fingerprint density at radius 2 is 1.06 bits per heavy atom. The Kier molecular flexibility index (Phi) is 9.18. The zero-order valence-electron chi connectivity index (χ0n) is 39.6. The van der Waals surface area contributed by atoms with Crippen molar-refractivity contribution in [3.05, 3.63) is 52.1 Å². The van der Waals surface area contributed by atoms with Crippen LogP contribution in [-0.4, -0.2) is 107 Å². The maximum atomic E-state index is 10.9. The van der Waals surface area contributed by atoms with Gasteiger partial charge in [0.2, 0.25) is 0 Å². The topological polar surface area (TPSA) is 102 Å². The molecule has 10 nitrogen and oxygen atoms in total. The highest BCUT2D eigenvalue weighted by atomic mass is 16.7. The predicted octanol–water partition coefficient (Wildman–Crippen LogP) is 9.06. The summed E-state index contributed by atoms with van der Waals surface area (Å²) in [5.74, 6) is 2.60. The predicted molar refractivity (Wildman–Crippen MR) is 250 cm³/mol. The Hall–Kier alpha value is -2.44. The van der Waals surface area contributed by atoms with Gasteiger partial charge in [-0.1, -0.05) is 74.6 Å². The fourth-order valence-electron chi connectivity index (χ4n) is 18.8. The SMILES string of the molecule is C.C.CN1CC[C@]23c4c5ccc(CO)c4O[C@H]2[C@@]24CCC3(C[C@@H]2[C@@](C)(C(C)(C)C)OCO4)[C@H]1C5.CN1CC[C@]23c4c5ccc(O)c4O[C@H]2[C@@]24CCC3(C[C@@H]2[C@@](C)(C(C)(C)C)OCO4)[C@H]1C5. The summed E-state index contributed by atoms with van der Waals surface area (Å²) in [6, 6.07) is 9.39. The third kappa shape index (κ3) is 4.61. The van der Waals surface area contributed by atoms with Crippen LogP contribution in [0.3, 0.4) is 0 Å². The number of nitrogens with zero attached hydrogens (tertiary/aromatic N) is 2. The highest BCUT2D eigenvalue weighted by Crippen LogP contribution is 2.80. The quantitative estimate of drug-likeness (QED) is 0.289. The van der Waals surface area contributed by atoms with Gasteiger partial charge in [-0.25, -0.2) is 0 Å². The largest absolute Gasteiger partial charge is 0.504 e. The van der Waals surface area contributed by atoms with Crippen LogP contribution in [0.1, 0.15) is 149 Å². The summed E-state index contributed by atoms with van der Waals surface area (Å²) in [4.78, 5) is 5.26. The Bertz CT molecular complexity index is 2340. The van der Waals surface area contributed by atoms with Gasteiger partial charge in [-0.2, -0.15) is 0 Å². The van der Waals surface area contributed by atoms with E-state index >= 15 is 0 Å². The summed E-state index contributed by atoms with van der Waals surface area (Å²) >= 11 is 0. The van der Waals surface area contributed by atoms with Crippen molar-refractivity contribution in [3.8, 4) is 17.2 Å². The van der Waals surface area contributed by atoms with Crippen molar-refractivity contribution < 1.29 is 38.6 Å². The smallest absolute Gasteiger partial charge is 0.165 e. The van der Waals surface area contributed by atoms with Crippen LogP contribution >= 0.6 is 0 Å². The van der Waals surface area contributed by atoms with Crippen LogP contribution in [0.15, 0.2) is 24.3 Å². The van der Waals surface area contributed by atoms with Gasteiger partial charge in [-0.15, -0.1) is 0 Å². The van der Waals surface area contributed by atoms with Gasteiger partial charge in [-0.05, 0) is 133 Å². The molecule has 358 valence electrons. The van der Waals surface area contributed by atoms with Crippen molar-refractivity contribution in [1.82, 2.24) is 9.80 Å². The number of rotatable bonds is 1. The lowest BCUT2D eigenvalue weighted by Gasteiger charge is -2.76. The summed E-state index contributed by atoms with van der Waals surface area (Å²) in [6.07, 6.45) is 11.0. The summed E-state index contributed by atoms with van der Waals surface area (Å²) < 4.78 is 40.5. The fraction of sp³-hybridized carbons (Fsp3) is 0.782. The van der Waals surface area contributed by atoms with Crippen molar-refractivity contribution >= 4 is 0 Å². The van der Waals surface area contributed by atoms with Crippen LogP contribution in [0.4, 0.5) is 0 Å². The van der Waals surface area contributed by atoms with Crippen molar-refractivity contribution in [3.63, 3.8) is 0 Å². The number of benzene rings is 2. The number of phenols is 1. The molecule has 65 heavy (non-hydrogen) atoms. The van der Waals surface area contributed by atoms with E-state index in [1.165, 1.54) is 35.1 Å². The van der Waals surface area contributed by atoms with Gasteiger partial charge < -0.3 is 48.4 Å². The minimum atomic E-state index is -0.359. The maximum absolute atomic E-state index is 10.9. The lowest BCUT2D eigenvalue weighted by atomic mass is 9.33. The summed E-state index contributed by atoms with van der Waals surface area (Å²) in [7, 11) is 4.65. The van der Waals surface area contributed by atoms with Crippen LogP contribution in [0.2, 0.25) is 0 Å². The molecule has 0 amide bonds. The highest BCUT2D eigenvalue weighted by Gasteiger charge is 2.85. The van der Waals surface area contributed by atoms with E-state index in [0.717, 1.165) is 81.5 Å². The number of aliphatic hydroxyl groups is 1. The molecule has 2 aromatic rings. The molecule has 2 aromatic carbocycles. The maximum Gasteiger partial charge on any atom is 0.165 e.